The van der Waals surface area contributed by atoms with Gasteiger partial charge in [-0.25, -0.2) is 0 Å². The molecule has 0 aromatic carbocycles. The van der Waals surface area contributed by atoms with Gasteiger partial charge in [0.2, 0.25) is 0 Å². The van der Waals surface area contributed by atoms with Gasteiger partial charge in [-0.2, -0.15) is 0 Å². The van der Waals surface area contributed by atoms with Crippen molar-refractivity contribution in [1.29, 1.82) is 5.41 Å². The van der Waals surface area contributed by atoms with Crippen LogP contribution in [0.3, 0.4) is 0 Å². The van der Waals surface area contributed by atoms with E-state index in [0.29, 0.717) is 18.6 Å². The maximum atomic E-state index is 10.4. The molecule has 0 saturated heterocycles. The zero-order valence-electron chi connectivity index (χ0n) is 9.02. The van der Waals surface area contributed by atoms with Crippen LogP contribution in [-0.2, 0) is 4.79 Å². The first-order valence-electron chi connectivity index (χ1n) is 5.18. The minimum absolute atomic E-state index is 0.644. The molecule has 0 saturated carbocycles. The Hall–Kier alpha value is -1.68. The fourth-order valence-corrected chi connectivity index (χ4v) is 1.11. The molecule has 0 aliphatic heterocycles. The van der Waals surface area contributed by atoms with Crippen LogP contribution in [0.15, 0.2) is 36.0 Å². The van der Waals surface area contributed by atoms with Gasteiger partial charge in [0.25, 0.3) is 0 Å². The molecule has 0 radical (unpaired) electrons. The third-order valence-corrected chi connectivity index (χ3v) is 2.19. The molecular weight excluding hydrogens is 204 g/mol. The number of hydrogen-bond acceptors (Lipinski definition) is 3. The number of allylic oxidation sites excluding steroid dienone is 5. The smallest absolute Gasteiger partial charge is 0.324 e. The van der Waals surface area contributed by atoms with Crippen molar-refractivity contribution in [3.05, 3.63) is 36.0 Å². The molecule has 0 aromatic rings. The summed E-state index contributed by atoms with van der Waals surface area (Å²) in [7, 11) is 0. The van der Waals surface area contributed by atoms with Crippen molar-refractivity contribution < 1.29 is 9.90 Å². The van der Waals surface area contributed by atoms with Gasteiger partial charge in [0.1, 0.15) is 6.04 Å². The summed E-state index contributed by atoms with van der Waals surface area (Å²) in [6.07, 6.45) is 11.3. The Labute approximate surface area is 94.7 Å². The van der Waals surface area contributed by atoms with Crippen molar-refractivity contribution in [2.45, 2.75) is 25.3 Å². The maximum absolute atomic E-state index is 10.4. The van der Waals surface area contributed by atoms with E-state index in [0.717, 1.165) is 12.0 Å². The highest BCUT2D eigenvalue weighted by atomic mass is 16.4. The van der Waals surface area contributed by atoms with Crippen molar-refractivity contribution in [2.75, 3.05) is 0 Å². The van der Waals surface area contributed by atoms with Gasteiger partial charge in [0, 0.05) is 12.1 Å². The van der Waals surface area contributed by atoms with Gasteiger partial charge in [0.15, 0.2) is 0 Å². The monoisotopic (exact) mass is 220 g/mol. The lowest BCUT2D eigenvalue weighted by molar-refractivity contribution is -0.137. The first-order chi connectivity index (χ1) is 7.61. The highest BCUT2D eigenvalue weighted by molar-refractivity contribution is 6.02. The van der Waals surface area contributed by atoms with Crippen LogP contribution in [0, 0.1) is 5.41 Å². The molecule has 0 amide bonds. The SMILES string of the molecule is N=C(C/C=C/C/C=C/[C@H](N)C(=O)O)C1=CC1. The Bertz CT molecular complexity index is 367. The Balaban J connectivity index is 2.14. The molecule has 4 nitrogen and oxygen atoms in total. The van der Waals surface area contributed by atoms with Crippen LogP contribution in [0.2, 0.25) is 0 Å². The van der Waals surface area contributed by atoms with Crippen molar-refractivity contribution >= 4 is 11.7 Å². The molecule has 1 rings (SSSR count). The van der Waals surface area contributed by atoms with Gasteiger partial charge in [-0.1, -0.05) is 30.4 Å². The predicted molar refractivity (Wildman–Crippen MR) is 63.6 cm³/mol. The van der Waals surface area contributed by atoms with E-state index in [4.69, 9.17) is 16.2 Å². The third-order valence-electron chi connectivity index (χ3n) is 2.19. The quantitative estimate of drug-likeness (QED) is 0.450. The van der Waals surface area contributed by atoms with Gasteiger partial charge < -0.3 is 16.2 Å². The topological polar surface area (TPSA) is 87.2 Å². The molecule has 1 aliphatic carbocycles. The van der Waals surface area contributed by atoms with Crippen LogP contribution in [-0.4, -0.2) is 22.8 Å². The lowest BCUT2D eigenvalue weighted by Crippen LogP contribution is -2.27. The van der Waals surface area contributed by atoms with Crippen LogP contribution in [0.1, 0.15) is 19.3 Å². The molecule has 16 heavy (non-hydrogen) atoms. The largest absolute Gasteiger partial charge is 0.480 e. The molecule has 1 atom stereocenters. The van der Waals surface area contributed by atoms with Crippen molar-refractivity contribution in [3.8, 4) is 0 Å². The lowest BCUT2D eigenvalue weighted by Gasteiger charge is -1.96. The van der Waals surface area contributed by atoms with Gasteiger partial charge in [-0.15, -0.1) is 0 Å². The minimum Gasteiger partial charge on any atom is -0.480 e. The molecule has 0 heterocycles. The number of hydrogen-bond donors (Lipinski definition) is 3. The average molecular weight is 220 g/mol. The van der Waals surface area contributed by atoms with Gasteiger partial charge in [-0.3, -0.25) is 4.79 Å². The fraction of sp³-hybridized carbons (Fsp3) is 0.333. The number of carboxylic acids is 1. The Morgan fingerprint density at radius 1 is 1.56 bits per heavy atom. The summed E-state index contributed by atoms with van der Waals surface area (Å²) >= 11 is 0. The number of carboxylic acid groups (broad SMARTS) is 1. The standard InChI is InChI=1S/C12H16N2O2/c13-10(9-7-8-9)5-3-1-2-4-6-11(14)12(15)16/h1,3-4,6-7,11,13H,2,5,8,14H2,(H,15,16)/b3-1+,6-4+,13-10?/t11-/m0/s1. The summed E-state index contributed by atoms with van der Waals surface area (Å²) < 4.78 is 0. The van der Waals surface area contributed by atoms with Crippen molar-refractivity contribution in [1.82, 2.24) is 0 Å². The second-order valence-electron chi connectivity index (χ2n) is 3.62. The summed E-state index contributed by atoms with van der Waals surface area (Å²) in [5.41, 5.74) is 7.08. The number of carbonyl (C=O) groups is 1. The molecule has 0 spiro atoms. The van der Waals surface area contributed by atoms with E-state index in [1.807, 2.05) is 18.2 Å². The normalized spacial score (nSPS) is 16.4. The first kappa shape index (κ1) is 12.4. The second-order valence-corrected chi connectivity index (χ2v) is 3.62. The van der Waals surface area contributed by atoms with E-state index < -0.39 is 12.0 Å². The van der Waals surface area contributed by atoms with Crippen LogP contribution < -0.4 is 5.73 Å². The van der Waals surface area contributed by atoms with E-state index in [1.54, 1.807) is 6.08 Å². The molecule has 1 aliphatic rings. The predicted octanol–water partition coefficient (Wildman–Crippen LogP) is 1.64. The van der Waals surface area contributed by atoms with E-state index in [2.05, 4.69) is 0 Å². The minimum atomic E-state index is -1.03. The summed E-state index contributed by atoms with van der Waals surface area (Å²) in [6.45, 7) is 0. The number of aliphatic carboxylic acids is 1. The molecule has 0 aromatic heterocycles. The Kier molecular flexibility index (Phi) is 4.66. The Morgan fingerprint density at radius 3 is 2.81 bits per heavy atom. The summed E-state index contributed by atoms with van der Waals surface area (Å²) in [5, 5.41) is 16.1. The van der Waals surface area contributed by atoms with Gasteiger partial charge in [0.05, 0.1) is 0 Å². The second kappa shape index (κ2) is 6.02. The summed E-state index contributed by atoms with van der Waals surface area (Å²) in [5.74, 6) is -1.03. The number of rotatable bonds is 7. The van der Waals surface area contributed by atoms with E-state index in [-0.39, 0.29) is 0 Å². The average Bonchev–Trinajstić information content (AvgIpc) is 3.05. The molecule has 86 valence electrons. The highest BCUT2D eigenvalue weighted by Crippen LogP contribution is 2.20. The fourth-order valence-electron chi connectivity index (χ4n) is 1.11. The molecule has 0 unspecified atom stereocenters. The van der Waals surface area contributed by atoms with E-state index in [9.17, 15) is 4.79 Å². The van der Waals surface area contributed by atoms with E-state index >= 15 is 0 Å². The lowest BCUT2D eigenvalue weighted by atomic mass is 10.2. The highest BCUT2D eigenvalue weighted by Gasteiger charge is 2.10. The molecule has 0 bridgehead atoms. The third kappa shape index (κ3) is 4.70. The van der Waals surface area contributed by atoms with E-state index in [1.165, 1.54) is 6.08 Å². The van der Waals surface area contributed by atoms with Crippen LogP contribution in [0.25, 0.3) is 0 Å². The first-order valence-corrected chi connectivity index (χ1v) is 5.18. The Morgan fingerprint density at radius 2 is 2.25 bits per heavy atom. The van der Waals surface area contributed by atoms with Crippen LogP contribution >= 0.6 is 0 Å². The van der Waals surface area contributed by atoms with Crippen molar-refractivity contribution in [2.24, 2.45) is 5.73 Å². The van der Waals surface area contributed by atoms with Crippen molar-refractivity contribution in [3.63, 3.8) is 0 Å². The number of nitrogens with one attached hydrogen (secondary N) is 1. The summed E-state index contributed by atoms with van der Waals surface area (Å²) in [4.78, 5) is 10.4. The molecular formula is C12H16N2O2. The zero-order valence-corrected chi connectivity index (χ0v) is 9.02. The molecule has 4 N–H and O–H groups in total. The van der Waals surface area contributed by atoms with Crippen LogP contribution in [0.5, 0.6) is 0 Å². The zero-order chi connectivity index (χ0) is 12.0. The molecule has 4 heteroatoms. The summed E-state index contributed by atoms with van der Waals surface area (Å²) in [6, 6.07) is -0.927. The van der Waals surface area contributed by atoms with Crippen LogP contribution in [0.4, 0.5) is 0 Å². The molecule has 0 fully saturated rings. The number of nitrogens with two attached hydrogens (primary N) is 1. The maximum Gasteiger partial charge on any atom is 0.324 e. The van der Waals surface area contributed by atoms with Gasteiger partial charge >= 0.3 is 5.97 Å². The van der Waals surface area contributed by atoms with Gasteiger partial charge in [-0.05, 0) is 18.4 Å².